The predicted molar refractivity (Wildman–Crippen MR) is 128 cm³/mol. The van der Waals surface area contributed by atoms with Crippen LogP contribution < -0.4 is 15.4 Å². The van der Waals surface area contributed by atoms with Gasteiger partial charge in [-0.25, -0.2) is 14.4 Å². The van der Waals surface area contributed by atoms with Gasteiger partial charge in [0.25, 0.3) is 5.91 Å². The van der Waals surface area contributed by atoms with E-state index in [2.05, 4.69) is 9.97 Å². The van der Waals surface area contributed by atoms with Crippen LogP contribution in [0.5, 0.6) is 5.75 Å². The number of nitrogens with two attached hydrogens (primary N) is 1. The van der Waals surface area contributed by atoms with E-state index < -0.39 is 17.9 Å². The highest BCUT2D eigenvalue weighted by molar-refractivity contribution is 5.94. The molecular weight excluding hydrogens is 494 g/mol. The van der Waals surface area contributed by atoms with Crippen LogP contribution >= 0.6 is 0 Å². The van der Waals surface area contributed by atoms with E-state index in [-0.39, 0.29) is 30.9 Å². The first-order valence-corrected chi connectivity index (χ1v) is 12.3. The zero-order valence-corrected chi connectivity index (χ0v) is 20.6. The molecule has 12 heteroatoms. The number of alkyl halides is 4. The highest BCUT2D eigenvalue weighted by atomic mass is 19.4. The molecule has 37 heavy (non-hydrogen) atoms. The summed E-state index contributed by atoms with van der Waals surface area (Å²) in [5, 5.41) is 0. The fourth-order valence-corrected chi connectivity index (χ4v) is 4.48. The summed E-state index contributed by atoms with van der Waals surface area (Å²) in [7, 11) is 0. The van der Waals surface area contributed by atoms with E-state index in [4.69, 9.17) is 15.2 Å². The zero-order chi connectivity index (χ0) is 26.6. The highest BCUT2D eigenvalue weighted by Gasteiger charge is 2.33. The smallest absolute Gasteiger partial charge is 0.416 e. The van der Waals surface area contributed by atoms with E-state index in [0.29, 0.717) is 48.8 Å². The van der Waals surface area contributed by atoms with E-state index in [1.165, 1.54) is 12.4 Å². The first kappa shape index (κ1) is 27.1. The fourth-order valence-electron chi connectivity index (χ4n) is 4.48. The predicted octanol–water partition coefficient (Wildman–Crippen LogP) is 3.86. The fraction of sp³-hybridized carbons (Fsp3) is 0.560. The Labute approximate surface area is 212 Å². The molecule has 0 radical (unpaired) electrons. The standard InChI is InChI=1S/C20H22F3N5O2.C5H9FO/c1-12-17(19(29)27-6-4-15(24)5-7-27)25-10-26-18(12)28-9-13-8-14(20(21,22)23)2-3-16(13)30-11-28;6-5-2-1-3-7-4-5/h2-3,8,10,15H,4-7,9,11,24H2,1H3;5H,1-4H2. The van der Waals surface area contributed by atoms with Gasteiger partial charge >= 0.3 is 6.18 Å². The Kier molecular flexibility index (Phi) is 8.48. The van der Waals surface area contributed by atoms with Crippen LogP contribution in [0.1, 0.15) is 52.9 Å². The van der Waals surface area contributed by atoms with Gasteiger partial charge in [0.15, 0.2) is 6.73 Å². The van der Waals surface area contributed by atoms with Crippen LogP contribution in [-0.4, -0.2) is 66.0 Å². The number of amides is 1. The molecule has 4 heterocycles. The molecule has 0 bridgehead atoms. The Balaban J connectivity index is 0.000000396. The molecule has 2 saturated heterocycles. The third-order valence-corrected chi connectivity index (χ3v) is 6.62. The first-order chi connectivity index (χ1) is 17.6. The van der Waals surface area contributed by atoms with Gasteiger partial charge in [-0.1, -0.05) is 0 Å². The SMILES string of the molecule is Cc1c(C(=O)N2CCC(N)CC2)ncnc1N1COc2ccc(C(F)(F)F)cc2C1.FC1CCCOC1. The van der Waals surface area contributed by atoms with Crippen molar-refractivity contribution in [1.82, 2.24) is 14.9 Å². The number of halogens is 4. The van der Waals surface area contributed by atoms with Crippen molar-refractivity contribution in [2.75, 3.05) is 37.9 Å². The molecule has 3 aliphatic rings. The molecule has 202 valence electrons. The molecule has 1 amide bonds. The van der Waals surface area contributed by atoms with Crippen LogP contribution in [0.25, 0.3) is 0 Å². The second-order valence-corrected chi connectivity index (χ2v) is 9.41. The number of anilines is 1. The van der Waals surface area contributed by atoms with Crippen LogP contribution in [0, 0.1) is 6.92 Å². The van der Waals surface area contributed by atoms with Crippen molar-refractivity contribution in [2.45, 2.75) is 57.5 Å². The van der Waals surface area contributed by atoms with E-state index >= 15 is 0 Å². The summed E-state index contributed by atoms with van der Waals surface area (Å²) in [5.74, 6) is 0.678. The number of benzene rings is 1. The summed E-state index contributed by atoms with van der Waals surface area (Å²) >= 11 is 0. The largest absolute Gasteiger partial charge is 0.473 e. The van der Waals surface area contributed by atoms with Crippen molar-refractivity contribution in [3.63, 3.8) is 0 Å². The molecule has 2 N–H and O–H groups in total. The molecule has 1 aromatic carbocycles. The molecule has 2 fully saturated rings. The Bertz CT molecular complexity index is 1090. The number of likely N-dealkylation sites (tertiary alicyclic amines) is 1. The number of hydrogen-bond donors (Lipinski definition) is 1. The number of carbonyl (C=O) groups excluding carboxylic acids is 1. The van der Waals surface area contributed by atoms with Crippen LogP contribution in [-0.2, 0) is 17.5 Å². The molecule has 1 atom stereocenters. The monoisotopic (exact) mass is 525 g/mol. The van der Waals surface area contributed by atoms with E-state index in [1.807, 2.05) is 0 Å². The van der Waals surface area contributed by atoms with Gasteiger partial charge in [-0.3, -0.25) is 4.79 Å². The zero-order valence-electron chi connectivity index (χ0n) is 20.6. The van der Waals surface area contributed by atoms with Crippen LogP contribution in [0.2, 0.25) is 0 Å². The first-order valence-electron chi connectivity index (χ1n) is 12.3. The minimum absolute atomic E-state index is 0.100. The molecule has 0 spiro atoms. The van der Waals surface area contributed by atoms with Gasteiger partial charge < -0.3 is 25.0 Å². The minimum atomic E-state index is -4.43. The molecule has 1 aromatic heterocycles. The number of rotatable bonds is 2. The third kappa shape index (κ3) is 6.67. The average molecular weight is 526 g/mol. The van der Waals surface area contributed by atoms with Crippen LogP contribution in [0.3, 0.4) is 0 Å². The van der Waals surface area contributed by atoms with Gasteiger partial charge in [0.1, 0.15) is 29.8 Å². The normalized spacial score (nSPS) is 20.4. The lowest BCUT2D eigenvalue weighted by Crippen LogP contribution is -2.43. The van der Waals surface area contributed by atoms with E-state index in [1.54, 1.807) is 16.7 Å². The Morgan fingerprint density at radius 2 is 1.92 bits per heavy atom. The molecular formula is C25H31F4N5O3. The van der Waals surface area contributed by atoms with Crippen molar-refractivity contribution in [3.8, 4) is 5.75 Å². The Morgan fingerprint density at radius 3 is 2.54 bits per heavy atom. The molecule has 5 rings (SSSR count). The van der Waals surface area contributed by atoms with Crippen molar-refractivity contribution in [1.29, 1.82) is 0 Å². The maximum absolute atomic E-state index is 13.1. The Morgan fingerprint density at radius 1 is 1.16 bits per heavy atom. The Hall–Kier alpha value is -2.99. The number of piperidine rings is 1. The summed E-state index contributed by atoms with van der Waals surface area (Å²) < 4.78 is 61.7. The number of aromatic nitrogens is 2. The van der Waals surface area contributed by atoms with Crippen molar-refractivity contribution in [3.05, 3.63) is 46.9 Å². The average Bonchev–Trinajstić information content (AvgIpc) is 2.88. The molecule has 8 nitrogen and oxygen atoms in total. The summed E-state index contributed by atoms with van der Waals surface area (Å²) in [6, 6.07) is 3.52. The summed E-state index contributed by atoms with van der Waals surface area (Å²) in [6.45, 7) is 4.24. The molecule has 0 aliphatic carbocycles. The molecule has 0 saturated carbocycles. The number of carbonyl (C=O) groups is 1. The van der Waals surface area contributed by atoms with Crippen LogP contribution in [0.4, 0.5) is 23.4 Å². The van der Waals surface area contributed by atoms with Gasteiger partial charge in [0, 0.05) is 36.9 Å². The number of nitrogens with zero attached hydrogens (tertiary/aromatic N) is 4. The third-order valence-electron chi connectivity index (χ3n) is 6.62. The van der Waals surface area contributed by atoms with Gasteiger partial charge in [-0.15, -0.1) is 0 Å². The molecule has 3 aliphatic heterocycles. The molecule has 1 unspecified atom stereocenters. The lowest BCUT2D eigenvalue weighted by Gasteiger charge is -2.32. The van der Waals surface area contributed by atoms with Gasteiger partial charge in [0.05, 0.1) is 18.7 Å². The summed E-state index contributed by atoms with van der Waals surface area (Å²) in [6.07, 6.45) is -0.761. The van der Waals surface area contributed by atoms with Gasteiger partial charge in [0.2, 0.25) is 0 Å². The van der Waals surface area contributed by atoms with Crippen molar-refractivity contribution in [2.24, 2.45) is 5.73 Å². The second kappa shape index (κ2) is 11.6. The number of hydrogen-bond acceptors (Lipinski definition) is 7. The van der Waals surface area contributed by atoms with Crippen LogP contribution in [0.15, 0.2) is 24.5 Å². The van der Waals surface area contributed by atoms with E-state index in [0.717, 1.165) is 38.0 Å². The lowest BCUT2D eigenvalue weighted by atomic mass is 10.0. The topological polar surface area (TPSA) is 93.8 Å². The van der Waals surface area contributed by atoms with Gasteiger partial charge in [-0.05, 0) is 50.8 Å². The van der Waals surface area contributed by atoms with Crippen molar-refractivity contribution < 1.29 is 31.8 Å². The minimum Gasteiger partial charge on any atom is -0.473 e. The van der Waals surface area contributed by atoms with Crippen molar-refractivity contribution >= 4 is 11.7 Å². The summed E-state index contributed by atoms with van der Waals surface area (Å²) in [5.41, 5.74) is 6.44. The molecule has 2 aromatic rings. The maximum Gasteiger partial charge on any atom is 0.416 e. The number of fused-ring (bicyclic) bond motifs is 1. The maximum atomic E-state index is 13.1. The van der Waals surface area contributed by atoms with E-state index in [9.17, 15) is 22.4 Å². The summed E-state index contributed by atoms with van der Waals surface area (Å²) in [4.78, 5) is 24.8. The highest BCUT2D eigenvalue weighted by Crippen LogP contribution is 2.35. The number of ether oxygens (including phenoxy) is 2. The second-order valence-electron chi connectivity index (χ2n) is 9.41. The quantitative estimate of drug-likeness (QED) is 0.595. The van der Waals surface area contributed by atoms with Gasteiger partial charge in [-0.2, -0.15) is 13.2 Å². The lowest BCUT2D eigenvalue weighted by molar-refractivity contribution is -0.137.